The number of nitrogens with zero attached hydrogens (tertiary/aromatic N) is 1. The number of carbonyl (C=O) groups is 1. The zero-order valence-corrected chi connectivity index (χ0v) is 8.65. The van der Waals surface area contributed by atoms with Crippen molar-refractivity contribution in [3.8, 4) is 6.07 Å². The Morgan fingerprint density at radius 1 is 1.27 bits per heavy atom. The molecule has 76 valence electrons. The molecular formula is C12H11NO2. The fourth-order valence-electron chi connectivity index (χ4n) is 0.963. The minimum atomic E-state index is -0.506. The topological polar surface area (TPSA) is 50.1 Å². The smallest absolute Gasteiger partial charge is 0.344 e. The first-order valence-corrected chi connectivity index (χ1v) is 4.50. The third kappa shape index (κ3) is 2.96. The first kappa shape index (κ1) is 11.0. The normalized spacial score (nSPS) is 8.87. The second-order valence-electron chi connectivity index (χ2n) is 3.20. The van der Waals surface area contributed by atoms with Gasteiger partial charge < -0.3 is 4.74 Å². The van der Waals surface area contributed by atoms with Gasteiger partial charge in [0.1, 0.15) is 6.07 Å². The van der Waals surface area contributed by atoms with Crippen molar-refractivity contribution >= 4 is 5.97 Å². The molecule has 0 saturated carbocycles. The maximum absolute atomic E-state index is 11.5. The number of benzene rings is 1. The molecule has 0 radical (unpaired) electrons. The van der Waals surface area contributed by atoms with Crippen LogP contribution in [0.25, 0.3) is 0 Å². The van der Waals surface area contributed by atoms with Crippen LogP contribution in [-0.4, -0.2) is 5.97 Å². The summed E-state index contributed by atoms with van der Waals surface area (Å²) < 4.78 is 4.93. The predicted octanol–water partition coefficient (Wildman–Crippen LogP) is 2.66. The van der Waals surface area contributed by atoms with Gasteiger partial charge in [0.05, 0.1) is 5.56 Å². The summed E-state index contributed by atoms with van der Waals surface area (Å²) in [7, 11) is 0. The molecule has 1 aromatic carbocycles. The summed E-state index contributed by atoms with van der Waals surface area (Å²) in [6, 6.07) is 10.4. The van der Waals surface area contributed by atoms with E-state index in [9.17, 15) is 4.79 Å². The fourth-order valence-corrected chi connectivity index (χ4v) is 0.963. The van der Waals surface area contributed by atoms with Gasteiger partial charge in [-0.25, -0.2) is 4.79 Å². The molecule has 15 heavy (non-hydrogen) atoms. The van der Waals surface area contributed by atoms with E-state index in [0.717, 1.165) is 0 Å². The third-order valence-electron chi connectivity index (χ3n) is 1.76. The molecule has 0 aliphatic heterocycles. The first-order chi connectivity index (χ1) is 7.15. The highest BCUT2D eigenvalue weighted by atomic mass is 16.5. The molecule has 3 heteroatoms. The van der Waals surface area contributed by atoms with E-state index < -0.39 is 5.97 Å². The van der Waals surface area contributed by atoms with Crippen molar-refractivity contribution in [2.24, 2.45) is 0 Å². The summed E-state index contributed by atoms with van der Waals surface area (Å²) in [5.41, 5.74) is 1.12. The molecule has 0 amide bonds. The molecular weight excluding hydrogens is 190 g/mol. The number of hydrogen-bond donors (Lipinski definition) is 0. The van der Waals surface area contributed by atoms with Crippen LogP contribution in [0.3, 0.4) is 0 Å². The van der Waals surface area contributed by atoms with E-state index in [-0.39, 0.29) is 5.76 Å². The summed E-state index contributed by atoms with van der Waals surface area (Å²) in [5.74, 6) is -0.447. The van der Waals surface area contributed by atoms with E-state index in [1.807, 2.05) is 12.1 Å². The molecule has 1 rings (SSSR count). The second-order valence-corrected chi connectivity index (χ2v) is 3.20. The molecule has 0 aromatic heterocycles. The van der Waals surface area contributed by atoms with Gasteiger partial charge in [0.15, 0.2) is 0 Å². The van der Waals surface area contributed by atoms with E-state index in [2.05, 4.69) is 0 Å². The highest BCUT2D eigenvalue weighted by Crippen LogP contribution is 2.08. The lowest BCUT2D eigenvalue weighted by Crippen LogP contribution is -2.04. The average molecular weight is 201 g/mol. The van der Waals surface area contributed by atoms with Crippen molar-refractivity contribution in [1.82, 2.24) is 0 Å². The number of allylic oxidation sites excluding steroid dienone is 2. The van der Waals surface area contributed by atoms with Crippen molar-refractivity contribution in [3.05, 3.63) is 47.2 Å². The maximum atomic E-state index is 11.5. The standard InChI is InChI=1S/C12H11NO2/c1-9(2)11(8-13)15-12(14)10-6-4-3-5-7-10/h3-7H,1-2H3. The van der Waals surface area contributed by atoms with Crippen LogP contribution in [0.2, 0.25) is 0 Å². The molecule has 0 spiro atoms. The summed E-state index contributed by atoms with van der Waals surface area (Å²) >= 11 is 0. The summed E-state index contributed by atoms with van der Waals surface area (Å²) in [6.07, 6.45) is 0. The Bertz CT molecular complexity index is 423. The number of ether oxygens (including phenoxy) is 1. The molecule has 3 nitrogen and oxygen atoms in total. The van der Waals surface area contributed by atoms with E-state index in [0.29, 0.717) is 11.1 Å². The molecule has 0 aliphatic carbocycles. The highest BCUT2D eigenvalue weighted by Gasteiger charge is 2.09. The van der Waals surface area contributed by atoms with Crippen LogP contribution < -0.4 is 0 Å². The Balaban J connectivity index is 2.83. The fraction of sp³-hybridized carbons (Fsp3) is 0.167. The van der Waals surface area contributed by atoms with Crippen molar-refractivity contribution < 1.29 is 9.53 Å². The lowest BCUT2D eigenvalue weighted by Gasteiger charge is -2.03. The monoisotopic (exact) mass is 201 g/mol. The number of rotatable bonds is 2. The third-order valence-corrected chi connectivity index (χ3v) is 1.76. The lowest BCUT2D eigenvalue weighted by molar-refractivity contribution is 0.0636. The minimum Gasteiger partial charge on any atom is -0.411 e. The Hall–Kier alpha value is -2.08. The first-order valence-electron chi connectivity index (χ1n) is 4.50. The molecule has 0 bridgehead atoms. The van der Waals surface area contributed by atoms with Gasteiger partial charge in [0, 0.05) is 0 Å². The molecule has 0 atom stereocenters. The zero-order valence-electron chi connectivity index (χ0n) is 8.65. The SMILES string of the molecule is CC(C)=C(C#N)OC(=O)c1ccccc1. The Morgan fingerprint density at radius 2 is 1.87 bits per heavy atom. The Morgan fingerprint density at radius 3 is 2.33 bits per heavy atom. The quantitative estimate of drug-likeness (QED) is 0.420. The maximum Gasteiger partial charge on any atom is 0.344 e. The Kier molecular flexibility index (Phi) is 3.64. The molecule has 0 unspecified atom stereocenters. The molecule has 0 fully saturated rings. The second kappa shape index (κ2) is 4.97. The van der Waals surface area contributed by atoms with Gasteiger partial charge in [-0.2, -0.15) is 5.26 Å². The zero-order chi connectivity index (χ0) is 11.3. The van der Waals surface area contributed by atoms with E-state index in [1.165, 1.54) is 0 Å². The van der Waals surface area contributed by atoms with Crippen molar-refractivity contribution in [3.63, 3.8) is 0 Å². The van der Waals surface area contributed by atoms with Crippen LogP contribution in [0, 0.1) is 11.3 Å². The van der Waals surface area contributed by atoms with Crippen LogP contribution in [-0.2, 0) is 4.74 Å². The summed E-state index contributed by atoms with van der Waals surface area (Å²) in [5, 5.41) is 8.71. The largest absolute Gasteiger partial charge is 0.411 e. The molecule has 0 heterocycles. The van der Waals surface area contributed by atoms with Gasteiger partial charge in [0.2, 0.25) is 5.76 Å². The van der Waals surface area contributed by atoms with Gasteiger partial charge in [-0.3, -0.25) is 0 Å². The van der Waals surface area contributed by atoms with Crippen LogP contribution in [0.1, 0.15) is 24.2 Å². The number of hydrogen-bond acceptors (Lipinski definition) is 3. The van der Waals surface area contributed by atoms with Crippen molar-refractivity contribution in [2.45, 2.75) is 13.8 Å². The molecule has 0 N–H and O–H groups in total. The van der Waals surface area contributed by atoms with Gasteiger partial charge in [0.25, 0.3) is 0 Å². The summed E-state index contributed by atoms with van der Waals surface area (Å²) in [6.45, 7) is 3.44. The predicted molar refractivity (Wildman–Crippen MR) is 55.8 cm³/mol. The lowest BCUT2D eigenvalue weighted by atomic mass is 10.2. The number of nitriles is 1. The average Bonchev–Trinajstić information content (AvgIpc) is 2.26. The number of esters is 1. The molecule has 0 aliphatic rings. The highest BCUT2D eigenvalue weighted by molar-refractivity contribution is 5.90. The minimum absolute atomic E-state index is 0.0591. The van der Waals surface area contributed by atoms with Gasteiger partial charge in [-0.1, -0.05) is 18.2 Å². The molecule has 0 saturated heterocycles. The van der Waals surface area contributed by atoms with Crippen molar-refractivity contribution in [1.29, 1.82) is 5.26 Å². The van der Waals surface area contributed by atoms with Crippen LogP contribution in [0.4, 0.5) is 0 Å². The van der Waals surface area contributed by atoms with Crippen LogP contribution in [0.5, 0.6) is 0 Å². The van der Waals surface area contributed by atoms with Crippen LogP contribution >= 0.6 is 0 Å². The van der Waals surface area contributed by atoms with Gasteiger partial charge in [-0.05, 0) is 31.6 Å². The Labute approximate surface area is 88.6 Å². The van der Waals surface area contributed by atoms with E-state index in [1.54, 1.807) is 38.1 Å². The number of carbonyl (C=O) groups excluding carboxylic acids is 1. The van der Waals surface area contributed by atoms with Gasteiger partial charge in [-0.15, -0.1) is 0 Å². The van der Waals surface area contributed by atoms with Gasteiger partial charge >= 0.3 is 5.97 Å². The molecule has 1 aromatic rings. The van der Waals surface area contributed by atoms with Crippen LogP contribution in [0.15, 0.2) is 41.7 Å². The van der Waals surface area contributed by atoms with E-state index >= 15 is 0 Å². The summed E-state index contributed by atoms with van der Waals surface area (Å²) in [4.78, 5) is 11.5. The van der Waals surface area contributed by atoms with Crippen molar-refractivity contribution in [2.75, 3.05) is 0 Å². The van der Waals surface area contributed by atoms with E-state index in [4.69, 9.17) is 10.00 Å².